The van der Waals surface area contributed by atoms with E-state index in [1.165, 1.54) is 6.07 Å². The van der Waals surface area contributed by atoms with Crippen LogP contribution in [0, 0.1) is 5.41 Å². The number of ketones is 1. The third-order valence-corrected chi connectivity index (χ3v) is 7.89. The van der Waals surface area contributed by atoms with Crippen LogP contribution < -0.4 is 0 Å². The average molecular weight is 447 g/mol. The number of fused-ring (bicyclic) bond motifs is 1. The molecule has 0 aliphatic heterocycles. The minimum absolute atomic E-state index is 0.0805. The van der Waals surface area contributed by atoms with Crippen LogP contribution in [0.15, 0.2) is 33.8 Å². The Hall–Kier alpha value is -1.92. The quantitative estimate of drug-likeness (QED) is 0.638. The summed E-state index contributed by atoms with van der Waals surface area (Å²) in [6, 6.07) is 7.43. The molecular formula is C25H34O5S. The molecule has 1 atom stereocenters. The van der Waals surface area contributed by atoms with E-state index in [0.29, 0.717) is 24.2 Å². The Balaban J connectivity index is 1.85. The zero-order chi connectivity index (χ0) is 23.1. The molecule has 1 N–H and O–H groups in total. The maximum absolute atomic E-state index is 13.0. The van der Waals surface area contributed by atoms with Gasteiger partial charge in [0, 0.05) is 24.5 Å². The number of aryl methyl sites for hydroxylation is 1. The second-order valence-electron chi connectivity index (χ2n) is 10.0. The van der Waals surface area contributed by atoms with E-state index in [1.54, 1.807) is 0 Å². The third-order valence-electron chi connectivity index (χ3n) is 6.37. The second-order valence-corrected chi connectivity index (χ2v) is 12.0. The van der Waals surface area contributed by atoms with Crippen molar-refractivity contribution in [3.63, 3.8) is 0 Å². The van der Waals surface area contributed by atoms with Gasteiger partial charge in [-0.05, 0) is 40.4 Å². The average Bonchev–Trinajstić information content (AvgIpc) is 3.10. The molecule has 1 aliphatic carbocycles. The SMILES string of the molecule is CC(C)c1cccc(C(C)C)c1CC(=O)CS(=O)(=O)c1cc2c(o1)CCC(C)(C)C2O. The van der Waals surface area contributed by atoms with Gasteiger partial charge in [-0.2, -0.15) is 0 Å². The molecule has 5 nitrogen and oxygen atoms in total. The first-order valence-electron chi connectivity index (χ1n) is 11.0. The first-order valence-corrected chi connectivity index (χ1v) is 12.7. The molecule has 0 bridgehead atoms. The molecule has 1 unspecified atom stereocenters. The minimum Gasteiger partial charge on any atom is -0.449 e. The number of sulfone groups is 1. The van der Waals surface area contributed by atoms with Gasteiger partial charge in [-0.15, -0.1) is 0 Å². The number of carbonyl (C=O) groups is 1. The first-order chi connectivity index (χ1) is 14.3. The Morgan fingerprint density at radius 2 is 1.74 bits per heavy atom. The van der Waals surface area contributed by atoms with Crippen molar-refractivity contribution < 1.29 is 22.7 Å². The van der Waals surface area contributed by atoms with Crippen LogP contribution in [0.1, 0.15) is 93.9 Å². The Kier molecular flexibility index (Phi) is 6.55. The van der Waals surface area contributed by atoms with E-state index in [9.17, 15) is 18.3 Å². The van der Waals surface area contributed by atoms with Crippen LogP contribution in [0.3, 0.4) is 0 Å². The lowest BCUT2D eigenvalue weighted by atomic mass is 9.74. The van der Waals surface area contributed by atoms with Crippen molar-refractivity contribution in [1.29, 1.82) is 0 Å². The Bertz CT molecular complexity index is 1050. The van der Waals surface area contributed by atoms with Crippen molar-refractivity contribution in [1.82, 2.24) is 0 Å². The summed E-state index contributed by atoms with van der Waals surface area (Å²) in [6.45, 7) is 12.2. The monoisotopic (exact) mass is 446 g/mol. The Morgan fingerprint density at radius 3 is 2.29 bits per heavy atom. The van der Waals surface area contributed by atoms with E-state index < -0.39 is 21.7 Å². The number of hydrogen-bond acceptors (Lipinski definition) is 5. The van der Waals surface area contributed by atoms with Gasteiger partial charge in [0.2, 0.25) is 14.9 Å². The van der Waals surface area contributed by atoms with Crippen molar-refractivity contribution in [3.8, 4) is 0 Å². The summed E-state index contributed by atoms with van der Waals surface area (Å²) in [5.41, 5.74) is 3.27. The summed E-state index contributed by atoms with van der Waals surface area (Å²) in [7, 11) is -3.93. The van der Waals surface area contributed by atoms with Gasteiger partial charge >= 0.3 is 0 Å². The highest BCUT2D eigenvalue weighted by Crippen LogP contribution is 2.45. The number of carbonyl (C=O) groups excluding carboxylic acids is 1. The van der Waals surface area contributed by atoms with Gasteiger partial charge in [-0.3, -0.25) is 4.79 Å². The number of aliphatic hydroxyl groups excluding tert-OH is 1. The molecule has 0 fully saturated rings. The maximum atomic E-state index is 13.0. The molecule has 3 rings (SSSR count). The number of benzene rings is 1. The third kappa shape index (κ3) is 4.80. The molecule has 6 heteroatoms. The number of aliphatic hydroxyl groups is 1. The fourth-order valence-corrected chi connectivity index (χ4v) is 5.63. The van der Waals surface area contributed by atoms with E-state index in [4.69, 9.17) is 4.42 Å². The highest BCUT2D eigenvalue weighted by molar-refractivity contribution is 7.92. The summed E-state index contributed by atoms with van der Waals surface area (Å²) in [6.07, 6.45) is 0.572. The molecule has 1 heterocycles. The normalized spacial score (nSPS) is 18.4. The summed E-state index contributed by atoms with van der Waals surface area (Å²) in [5.74, 6) is 0.0119. The van der Waals surface area contributed by atoms with Crippen molar-refractivity contribution in [2.24, 2.45) is 5.41 Å². The molecule has 1 aliphatic rings. The van der Waals surface area contributed by atoms with E-state index >= 15 is 0 Å². The van der Waals surface area contributed by atoms with Crippen LogP contribution in [-0.4, -0.2) is 25.1 Å². The molecule has 2 aromatic rings. The molecule has 1 aromatic carbocycles. The predicted molar refractivity (Wildman–Crippen MR) is 121 cm³/mol. The lowest BCUT2D eigenvalue weighted by Gasteiger charge is -2.34. The van der Waals surface area contributed by atoms with E-state index in [-0.39, 0.29) is 34.5 Å². The lowest BCUT2D eigenvalue weighted by Crippen LogP contribution is -2.27. The summed E-state index contributed by atoms with van der Waals surface area (Å²) in [4.78, 5) is 12.9. The fourth-order valence-electron chi connectivity index (χ4n) is 4.43. The maximum Gasteiger partial charge on any atom is 0.219 e. The minimum atomic E-state index is -3.93. The highest BCUT2D eigenvalue weighted by atomic mass is 32.2. The standard InChI is InChI=1S/C25H34O5S/c1-15(2)18-8-7-9-19(16(3)4)20(18)12-17(26)14-31(28,29)23-13-21-22(30-23)10-11-25(5,6)24(21)27/h7-9,13,15-16,24,27H,10-12,14H2,1-6H3. The van der Waals surface area contributed by atoms with Crippen LogP contribution in [-0.2, 0) is 27.5 Å². The largest absolute Gasteiger partial charge is 0.449 e. The van der Waals surface area contributed by atoms with Crippen LogP contribution in [0.2, 0.25) is 0 Å². The molecule has 1 aromatic heterocycles. The van der Waals surface area contributed by atoms with E-state index in [2.05, 4.69) is 27.7 Å². The van der Waals surface area contributed by atoms with Gasteiger partial charge in [-0.25, -0.2) is 8.42 Å². The summed E-state index contributed by atoms with van der Waals surface area (Å²) in [5, 5.41) is 10.4. The summed E-state index contributed by atoms with van der Waals surface area (Å²) >= 11 is 0. The Labute approximate surface area is 185 Å². The van der Waals surface area contributed by atoms with Gasteiger partial charge < -0.3 is 9.52 Å². The first kappa shape index (κ1) is 23.7. The Morgan fingerprint density at radius 1 is 1.16 bits per heavy atom. The molecule has 0 amide bonds. The molecular weight excluding hydrogens is 412 g/mol. The van der Waals surface area contributed by atoms with Gasteiger partial charge in [0.15, 0.2) is 5.78 Å². The van der Waals surface area contributed by atoms with Gasteiger partial charge in [0.25, 0.3) is 0 Å². The second kappa shape index (κ2) is 8.55. The summed E-state index contributed by atoms with van der Waals surface area (Å²) < 4.78 is 31.5. The predicted octanol–water partition coefficient (Wildman–Crippen LogP) is 5.12. The van der Waals surface area contributed by atoms with Gasteiger partial charge in [0.05, 0.1) is 6.10 Å². The zero-order valence-corrected chi connectivity index (χ0v) is 20.2. The topological polar surface area (TPSA) is 84.6 Å². The van der Waals surface area contributed by atoms with Gasteiger partial charge in [-0.1, -0.05) is 59.7 Å². The number of rotatable bonds is 7. The molecule has 31 heavy (non-hydrogen) atoms. The smallest absolute Gasteiger partial charge is 0.219 e. The fraction of sp³-hybridized carbons (Fsp3) is 0.560. The lowest BCUT2D eigenvalue weighted by molar-refractivity contribution is -0.116. The number of hydrogen-bond donors (Lipinski definition) is 1. The molecule has 170 valence electrons. The number of furan rings is 1. The van der Waals surface area contributed by atoms with Crippen molar-refractivity contribution in [3.05, 3.63) is 52.3 Å². The van der Waals surface area contributed by atoms with Crippen molar-refractivity contribution in [2.75, 3.05) is 5.75 Å². The van der Waals surface area contributed by atoms with Gasteiger partial charge in [0.1, 0.15) is 11.5 Å². The zero-order valence-electron chi connectivity index (χ0n) is 19.4. The molecule has 0 radical (unpaired) electrons. The molecule has 0 saturated heterocycles. The van der Waals surface area contributed by atoms with Crippen molar-refractivity contribution in [2.45, 2.75) is 83.8 Å². The van der Waals surface area contributed by atoms with E-state index in [0.717, 1.165) is 16.7 Å². The van der Waals surface area contributed by atoms with Crippen molar-refractivity contribution >= 4 is 15.6 Å². The molecule has 0 saturated carbocycles. The van der Waals surface area contributed by atoms with Crippen LogP contribution >= 0.6 is 0 Å². The highest BCUT2D eigenvalue weighted by Gasteiger charge is 2.38. The molecule has 0 spiro atoms. The van der Waals surface area contributed by atoms with Crippen LogP contribution in [0.4, 0.5) is 0 Å². The van der Waals surface area contributed by atoms with Crippen LogP contribution in [0.5, 0.6) is 0 Å². The van der Waals surface area contributed by atoms with E-state index in [1.807, 2.05) is 32.0 Å². The van der Waals surface area contributed by atoms with Crippen LogP contribution in [0.25, 0.3) is 0 Å². The number of Topliss-reactive ketones (excluding diaryl/α,β-unsaturated/α-hetero) is 1.